The third-order valence-corrected chi connectivity index (χ3v) is 4.87. The third-order valence-electron chi connectivity index (χ3n) is 4.87. The summed E-state index contributed by atoms with van der Waals surface area (Å²) in [6.07, 6.45) is -5.05. The molecule has 0 amide bonds. The van der Waals surface area contributed by atoms with E-state index in [1.165, 1.54) is 6.07 Å². The molecule has 1 aromatic rings. The fourth-order valence-corrected chi connectivity index (χ4v) is 3.80. The van der Waals surface area contributed by atoms with Crippen LogP contribution in [0.4, 0.5) is 13.2 Å². The van der Waals surface area contributed by atoms with Gasteiger partial charge >= 0.3 is 6.18 Å². The lowest BCUT2D eigenvalue weighted by Crippen LogP contribution is -2.35. The number of nitrogens with one attached hydrogen (secondary N) is 1. The maximum Gasteiger partial charge on any atom is 0.393 e. The first-order valence-corrected chi connectivity index (χ1v) is 7.59. The molecule has 6 heteroatoms. The summed E-state index contributed by atoms with van der Waals surface area (Å²) in [6, 6.07) is 6.73. The Kier molecular flexibility index (Phi) is 4.18. The molecule has 2 fully saturated rings. The minimum Gasteiger partial charge on any atom is -0.396 e. The normalized spacial score (nSPS) is 29.0. The Labute approximate surface area is 128 Å². The fourth-order valence-electron chi connectivity index (χ4n) is 3.80. The number of fused-ring (bicyclic) bond motifs is 1. The molecule has 0 radical (unpaired) electrons. The van der Waals surface area contributed by atoms with Gasteiger partial charge in [0.2, 0.25) is 0 Å². The van der Waals surface area contributed by atoms with Crippen molar-refractivity contribution in [2.24, 2.45) is 11.3 Å². The monoisotopic (exact) mass is 314 g/mol. The number of hydrogen-bond acceptors (Lipinski definition) is 3. The van der Waals surface area contributed by atoms with Crippen molar-refractivity contribution < 1.29 is 18.3 Å². The number of aliphatic hydroxyl groups is 1. The van der Waals surface area contributed by atoms with Crippen molar-refractivity contribution in [1.29, 1.82) is 0 Å². The zero-order chi connectivity index (χ0) is 15.8. The van der Waals surface area contributed by atoms with Crippen LogP contribution in [0.25, 0.3) is 0 Å². The van der Waals surface area contributed by atoms with Gasteiger partial charge in [-0.25, -0.2) is 0 Å². The van der Waals surface area contributed by atoms with E-state index in [0.717, 1.165) is 31.7 Å². The van der Waals surface area contributed by atoms with Gasteiger partial charge < -0.3 is 10.4 Å². The SMILES string of the molecule is OCC12CNCC1CN(Cc1cccc(CC(F)(F)F)c1)C2. The molecule has 2 aliphatic rings. The molecule has 122 valence electrons. The molecule has 2 unspecified atom stereocenters. The average Bonchev–Trinajstić information content (AvgIpc) is 2.93. The first-order valence-electron chi connectivity index (χ1n) is 7.59. The number of halogens is 3. The van der Waals surface area contributed by atoms with E-state index in [2.05, 4.69) is 10.2 Å². The molecule has 0 aromatic heterocycles. The van der Waals surface area contributed by atoms with Crippen LogP contribution in [0.2, 0.25) is 0 Å². The van der Waals surface area contributed by atoms with E-state index in [9.17, 15) is 18.3 Å². The van der Waals surface area contributed by atoms with Gasteiger partial charge in [0.25, 0.3) is 0 Å². The Hall–Kier alpha value is -1.11. The summed E-state index contributed by atoms with van der Waals surface area (Å²) in [4.78, 5) is 2.24. The van der Waals surface area contributed by atoms with Crippen molar-refractivity contribution >= 4 is 0 Å². The van der Waals surface area contributed by atoms with Crippen molar-refractivity contribution in [3.63, 3.8) is 0 Å². The summed E-state index contributed by atoms with van der Waals surface area (Å²) in [6.45, 7) is 4.21. The van der Waals surface area contributed by atoms with Crippen molar-refractivity contribution in [3.8, 4) is 0 Å². The number of rotatable bonds is 4. The molecular weight excluding hydrogens is 293 g/mol. The second-order valence-electron chi connectivity index (χ2n) is 6.63. The number of likely N-dealkylation sites (tertiary alicyclic amines) is 1. The standard InChI is InChI=1S/C16H21F3N2O/c17-16(18,19)5-12-2-1-3-13(4-12)7-21-8-14-6-20-9-15(14,10-21)11-22/h1-4,14,20,22H,5-11H2. The molecular formula is C16H21F3N2O. The van der Waals surface area contributed by atoms with Gasteiger partial charge in [0.1, 0.15) is 0 Å². The number of nitrogens with zero attached hydrogens (tertiary/aromatic N) is 1. The second-order valence-corrected chi connectivity index (χ2v) is 6.63. The van der Waals surface area contributed by atoms with Gasteiger partial charge in [0.15, 0.2) is 0 Å². The third kappa shape index (κ3) is 3.29. The molecule has 1 aromatic carbocycles. The second kappa shape index (κ2) is 5.83. The van der Waals surface area contributed by atoms with Gasteiger partial charge in [-0.15, -0.1) is 0 Å². The fraction of sp³-hybridized carbons (Fsp3) is 0.625. The molecule has 3 nitrogen and oxygen atoms in total. The van der Waals surface area contributed by atoms with E-state index in [4.69, 9.17) is 0 Å². The van der Waals surface area contributed by atoms with Crippen LogP contribution < -0.4 is 5.32 Å². The maximum atomic E-state index is 12.5. The van der Waals surface area contributed by atoms with E-state index in [0.29, 0.717) is 18.0 Å². The first kappa shape index (κ1) is 15.8. The Morgan fingerprint density at radius 3 is 2.77 bits per heavy atom. The number of hydrogen-bond donors (Lipinski definition) is 2. The Bertz CT molecular complexity index is 534. The lowest BCUT2D eigenvalue weighted by molar-refractivity contribution is -0.127. The summed E-state index contributed by atoms with van der Waals surface area (Å²) >= 11 is 0. The van der Waals surface area contributed by atoms with Crippen molar-refractivity contribution in [2.75, 3.05) is 32.8 Å². The summed E-state index contributed by atoms with van der Waals surface area (Å²) in [7, 11) is 0. The number of benzene rings is 1. The summed E-state index contributed by atoms with van der Waals surface area (Å²) in [5, 5.41) is 13.0. The molecule has 2 atom stereocenters. The predicted molar refractivity (Wildman–Crippen MR) is 77.4 cm³/mol. The van der Waals surface area contributed by atoms with Gasteiger partial charge in [0, 0.05) is 31.6 Å². The summed E-state index contributed by atoms with van der Waals surface area (Å²) < 4.78 is 37.5. The molecule has 0 aliphatic carbocycles. The zero-order valence-electron chi connectivity index (χ0n) is 12.4. The van der Waals surface area contributed by atoms with E-state index < -0.39 is 12.6 Å². The predicted octanol–water partition coefficient (Wildman–Crippen LogP) is 1.81. The van der Waals surface area contributed by atoms with Crippen LogP contribution in [0.15, 0.2) is 24.3 Å². The summed E-state index contributed by atoms with van der Waals surface area (Å²) in [5.41, 5.74) is 1.13. The number of alkyl halides is 3. The van der Waals surface area contributed by atoms with Gasteiger partial charge in [-0.05, 0) is 23.6 Å². The highest BCUT2D eigenvalue weighted by atomic mass is 19.4. The molecule has 0 spiro atoms. The van der Waals surface area contributed by atoms with Gasteiger partial charge in [0.05, 0.1) is 13.0 Å². The molecule has 0 saturated carbocycles. The van der Waals surface area contributed by atoms with Gasteiger partial charge in [-0.2, -0.15) is 13.2 Å². The molecule has 3 rings (SSSR count). The van der Waals surface area contributed by atoms with Gasteiger partial charge in [-0.1, -0.05) is 24.3 Å². The van der Waals surface area contributed by atoms with Crippen LogP contribution in [0, 0.1) is 11.3 Å². The van der Waals surface area contributed by atoms with Crippen LogP contribution in [-0.2, 0) is 13.0 Å². The van der Waals surface area contributed by atoms with Gasteiger partial charge in [-0.3, -0.25) is 4.90 Å². The molecule has 2 N–H and O–H groups in total. The highest BCUT2D eigenvalue weighted by molar-refractivity contribution is 5.24. The lowest BCUT2D eigenvalue weighted by atomic mass is 9.82. The smallest absolute Gasteiger partial charge is 0.393 e. The Morgan fingerprint density at radius 2 is 2.09 bits per heavy atom. The molecule has 2 aliphatic heterocycles. The Morgan fingerprint density at radius 1 is 1.32 bits per heavy atom. The topological polar surface area (TPSA) is 35.5 Å². The van der Waals surface area contributed by atoms with E-state index in [-0.39, 0.29) is 12.0 Å². The van der Waals surface area contributed by atoms with E-state index in [1.807, 2.05) is 6.07 Å². The van der Waals surface area contributed by atoms with E-state index >= 15 is 0 Å². The van der Waals surface area contributed by atoms with Crippen molar-refractivity contribution in [1.82, 2.24) is 10.2 Å². The van der Waals surface area contributed by atoms with Crippen LogP contribution in [0.1, 0.15) is 11.1 Å². The zero-order valence-corrected chi connectivity index (χ0v) is 12.4. The van der Waals surface area contributed by atoms with Crippen LogP contribution in [-0.4, -0.2) is 49.0 Å². The lowest BCUT2D eigenvalue weighted by Gasteiger charge is -2.25. The highest BCUT2D eigenvalue weighted by Gasteiger charge is 2.48. The summed E-state index contributed by atoms with van der Waals surface area (Å²) in [5.74, 6) is 0.427. The van der Waals surface area contributed by atoms with Crippen molar-refractivity contribution in [3.05, 3.63) is 35.4 Å². The van der Waals surface area contributed by atoms with Crippen molar-refractivity contribution in [2.45, 2.75) is 19.1 Å². The van der Waals surface area contributed by atoms with E-state index in [1.54, 1.807) is 12.1 Å². The largest absolute Gasteiger partial charge is 0.396 e. The Balaban J connectivity index is 1.66. The molecule has 22 heavy (non-hydrogen) atoms. The van der Waals surface area contributed by atoms with Crippen LogP contribution >= 0.6 is 0 Å². The van der Waals surface area contributed by atoms with Crippen LogP contribution in [0.5, 0.6) is 0 Å². The molecule has 2 heterocycles. The minimum absolute atomic E-state index is 0.0798. The molecule has 0 bridgehead atoms. The first-order chi connectivity index (χ1) is 10.4. The van der Waals surface area contributed by atoms with Crippen LogP contribution in [0.3, 0.4) is 0 Å². The highest BCUT2D eigenvalue weighted by Crippen LogP contribution is 2.39. The minimum atomic E-state index is -4.17. The quantitative estimate of drug-likeness (QED) is 0.890. The maximum absolute atomic E-state index is 12.5. The molecule has 2 saturated heterocycles. The number of aliphatic hydroxyl groups excluding tert-OH is 1. The average molecular weight is 314 g/mol.